The van der Waals surface area contributed by atoms with Crippen LogP contribution in [-0.2, 0) is 0 Å². The van der Waals surface area contributed by atoms with E-state index < -0.39 is 11.6 Å². The molecule has 1 fully saturated rings. The molecule has 1 heterocycles. The first-order valence-corrected chi connectivity index (χ1v) is 7.08. The normalized spacial score (nSPS) is 19.5. The molecule has 1 aliphatic heterocycles. The number of rotatable bonds is 4. The van der Waals surface area contributed by atoms with Gasteiger partial charge in [-0.1, -0.05) is 6.07 Å². The van der Waals surface area contributed by atoms with Crippen LogP contribution >= 0.6 is 0 Å². The number of likely N-dealkylation sites (N-methyl/N-ethyl adjacent to an activating group) is 1. The van der Waals surface area contributed by atoms with E-state index in [-0.39, 0.29) is 6.04 Å². The zero-order valence-corrected chi connectivity index (χ0v) is 12.1. The van der Waals surface area contributed by atoms with E-state index in [1.165, 1.54) is 12.1 Å². The van der Waals surface area contributed by atoms with Crippen LogP contribution in [0.2, 0.25) is 0 Å². The molecule has 112 valence electrons. The van der Waals surface area contributed by atoms with Gasteiger partial charge in [-0.3, -0.25) is 4.90 Å². The molecule has 2 N–H and O–H groups in total. The first-order valence-electron chi connectivity index (χ1n) is 7.08. The molecule has 0 saturated carbocycles. The maximum atomic E-state index is 13.4. The summed E-state index contributed by atoms with van der Waals surface area (Å²) in [6, 6.07) is 4.43. The van der Waals surface area contributed by atoms with Crippen molar-refractivity contribution < 1.29 is 8.78 Å². The van der Waals surface area contributed by atoms with E-state index in [9.17, 15) is 8.78 Å². The Morgan fingerprint density at radius 2 is 1.95 bits per heavy atom. The van der Waals surface area contributed by atoms with Gasteiger partial charge in [0.05, 0.1) is 0 Å². The van der Waals surface area contributed by atoms with Gasteiger partial charge in [-0.05, 0) is 57.7 Å². The number of nitrogens with two attached hydrogens (primary N) is 1. The molecule has 0 spiro atoms. The standard InChI is InChI=1S/C15H23F2N3/c1-19-7-5-12(6-8-19)20(2)15(10-18)11-3-4-13(16)14(17)9-11/h3-4,9,12,15H,5-8,10,18H2,1-2H3. The van der Waals surface area contributed by atoms with Crippen molar-refractivity contribution in [2.45, 2.75) is 24.9 Å². The number of benzene rings is 1. The molecular weight excluding hydrogens is 260 g/mol. The van der Waals surface area contributed by atoms with E-state index in [0.717, 1.165) is 31.5 Å². The lowest BCUT2D eigenvalue weighted by Crippen LogP contribution is -2.45. The van der Waals surface area contributed by atoms with E-state index in [2.05, 4.69) is 16.8 Å². The Labute approximate surface area is 119 Å². The monoisotopic (exact) mass is 283 g/mol. The maximum Gasteiger partial charge on any atom is 0.159 e. The van der Waals surface area contributed by atoms with Crippen molar-refractivity contribution in [2.75, 3.05) is 33.7 Å². The molecule has 0 radical (unpaired) electrons. The van der Waals surface area contributed by atoms with E-state index in [1.807, 2.05) is 7.05 Å². The minimum absolute atomic E-state index is 0.0708. The predicted octanol–water partition coefficient (Wildman–Crippen LogP) is 1.99. The van der Waals surface area contributed by atoms with Gasteiger partial charge in [0.25, 0.3) is 0 Å². The molecule has 20 heavy (non-hydrogen) atoms. The second-order valence-corrected chi connectivity index (χ2v) is 5.62. The van der Waals surface area contributed by atoms with E-state index >= 15 is 0 Å². The highest BCUT2D eigenvalue weighted by molar-refractivity contribution is 5.22. The van der Waals surface area contributed by atoms with Crippen molar-refractivity contribution in [3.8, 4) is 0 Å². The summed E-state index contributed by atoms with van der Waals surface area (Å²) in [5.41, 5.74) is 6.60. The fourth-order valence-electron chi connectivity index (χ4n) is 2.91. The molecular formula is C15H23F2N3. The molecule has 0 aliphatic carbocycles. The van der Waals surface area contributed by atoms with Crippen LogP contribution in [0.25, 0.3) is 0 Å². The fraction of sp³-hybridized carbons (Fsp3) is 0.600. The second kappa shape index (κ2) is 6.61. The summed E-state index contributed by atoms with van der Waals surface area (Å²) in [6.45, 7) is 2.52. The van der Waals surface area contributed by atoms with Gasteiger partial charge in [0.1, 0.15) is 0 Å². The molecule has 1 aromatic carbocycles. The zero-order chi connectivity index (χ0) is 14.7. The number of nitrogens with zero attached hydrogens (tertiary/aromatic N) is 2. The molecule has 1 saturated heterocycles. The van der Waals surface area contributed by atoms with Crippen molar-refractivity contribution in [1.29, 1.82) is 0 Å². The number of piperidine rings is 1. The minimum Gasteiger partial charge on any atom is -0.329 e. The third-order valence-electron chi connectivity index (χ3n) is 4.31. The van der Waals surface area contributed by atoms with Gasteiger partial charge in [0.15, 0.2) is 11.6 Å². The quantitative estimate of drug-likeness (QED) is 0.917. The Balaban J connectivity index is 2.12. The molecule has 1 atom stereocenters. The van der Waals surface area contributed by atoms with Crippen molar-refractivity contribution in [3.63, 3.8) is 0 Å². The van der Waals surface area contributed by atoms with Gasteiger partial charge < -0.3 is 10.6 Å². The summed E-state index contributed by atoms with van der Waals surface area (Å²) >= 11 is 0. The van der Waals surface area contributed by atoms with Crippen LogP contribution in [0.5, 0.6) is 0 Å². The maximum absolute atomic E-state index is 13.4. The molecule has 5 heteroatoms. The van der Waals surface area contributed by atoms with Gasteiger partial charge >= 0.3 is 0 Å². The van der Waals surface area contributed by atoms with Crippen molar-refractivity contribution in [1.82, 2.24) is 9.80 Å². The summed E-state index contributed by atoms with van der Waals surface area (Å²) in [7, 11) is 4.14. The Kier molecular flexibility index (Phi) is 5.07. The van der Waals surface area contributed by atoms with Gasteiger partial charge in [0, 0.05) is 18.6 Å². The second-order valence-electron chi connectivity index (χ2n) is 5.62. The van der Waals surface area contributed by atoms with Crippen LogP contribution in [0.1, 0.15) is 24.4 Å². The summed E-state index contributed by atoms with van der Waals surface area (Å²) in [5.74, 6) is -1.62. The third kappa shape index (κ3) is 3.34. The zero-order valence-electron chi connectivity index (χ0n) is 12.1. The highest BCUT2D eigenvalue weighted by Gasteiger charge is 2.26. The summed E-state index contributed by atoms with van der Waals surface area (Å²) in [6.07, 6.45) is 2.15. The Bertz CT molecular complexity index is 445. The van der Waals surface area contributed by atoms with Crippen molar-refractivity contribution in [2.24, 2.45) is 5.73 Å². The first kappa shape index (κ1) is 15.4. The molecule has 2 rings (SSSR count). The number of halogens is 2. The highest BCUT2D eigenvalue weighted by Crippen LogP contribution is 2.26. The van der Waals surface area contributed by atoms with Gasteiger partial charge in [0.2, 0.25) is 0 Å². The lowest BCUT2D eigenvalue weighted by atomic mass is 9.98. The lowest BCUT2D eigenvalue weighted by molar-refractivity contribution is 0.109. The van der Waals surface area contributed by atoms with Crippen LogP contribution in [-0.4, -0.2) is 49.6 Å². The minimum atomic E-state index is -0.813. The van der Waals surface area contributed by atoms with Crippen molar-refractivity contribution >= 4 is 0 Å². The molecule has 0 bridgehead atoms. The topological polar surface area (TPSA) is 32.5 Å². The molecule has 1 unspecified atom stereocenters. The van der Waals surface area contributed by atoms with E-state index in [4.69, 9.17) is 5.73 Å². The average molecular weight is 283 g/mol. The van der Waals surface area contributed by atoms with E-state index in [0.29, 0.717) is 12.6 Å². The van der Waals surface area contributed by atoms with Crippen LogP contribution in [0.3, 0.4) is 0 Å². The van der Waals surface area contributed by atoms with Crippen LogP contribution < -0.4 is 5.73 Å². The summed E-state index contributed by atoms with van der Waals surface area (Å²) in [4.78, 5) is 4.51. The number of likely N-dealkylation sites (tertiary alicyclic amines) is 1. The Morgan fingerprint density at radius 1 is 1.30 bits per heavy atom. The Morgan fingerprint density at radius 3 is 2.50 bits per heavy atom. The summed E-state index contributed by atoms with van der Waals surface area (Å²) in [5, 5.41) is 0. The van der Waals surface area contributed by atoms with Crippen molar-refractivity contribution in [3.05, 3.63) is 35.4 Å². The SMILES string of the molecule is CN1CCC(N(C)C(CN)c2ccc(F)c(F)c2)CC1. The number of hydrogen-bond donors (Lipinski definition) is 1. The molecule has 1 aliphatic rings. The first-order chi connectivity index (χ1) is 9.52. The molecule has 1 aromatic rings. The molecule has 3 nitrogen and oxygen atoms in total. The van der Waals surface area contributed by atoms with Gasteiger partial charge in [-0.15, -0.1) is 0 Å². The largest absolute Gasteiger partial charge is 0.329 e. The molecule has 0 amide bonds. The predicted molar refractivity (Wildman–Crippen MR) is 76.4 cm³/mol. The van der Waals surface area contributed by atoms with Gasteiger partial charge in [-0.2, -0.15) is 0 Å². The Hall–Kier alpha value is -1.04. The average Bonchev–Trinajstić information content (AvgIpc) is 2.44. The molecule has 0 aromatic heterocycles. The van der Waals surface area contributed by atoms with Crippen LogP contribution in [0.15, 0.2) is 18.2 Å². The third-order valence-corrected chi connectivity index (χ3v) is 4.31. The summed E-state index contributed by atoms with van der Waals surface area (Å²) < 4.78 is 26.4. The van der Waals surface area contributed by atoms with E-state index in [1.54, 1.807) is 6.07 Å². The van der Waals surface area contributed by atoms with Gasteiger partial charge in [-0.25, -0.2) is 8.78 Å². The highest BCUT2D eigenvalue weighted by atomic mass is 19.2. The van der Waals surface area contributed by atoms with Crippen LogP contribution in [0, 0.1) is 11.6 Å². The lowest BCUT2D eigenvalue weighted by Gasteiger charge is -2.39. The van der Waals surface area contributed by atoms with Crippen LogP contribution in [0.4, 0.5) is 8.78 Å². The number of hydrogen-bond acceptors (Lipinski definition) is 3. The fourth-order valence-corrected chi connectivity index (χ4v) is 2.91. The smallest absolute Gasteiger partial charge is 0.159 e.